The molecule has 3 N–H and O–H groups in total. The highest BCUT2D eigenvalue weighted by molar-refractivity contribution is 5.68. The molecule has 3 saturated carbocycles. The van der Waals surface area contributed by atoms with E-state index in [4.69, 9.17) is 0 Å². The number of hydrogen-bond donors (Lipinski definition) is 3. The molecule has 4 aliphatic carbocycles. The first-order valence-corrected chi connectivity index (χ1v) is 11.3. The maximum atomic E-state index is 11.3. The van der Waals surface area contributed by atoms with Crippen LogP contribution in [0.3, 0.4) is 0 Å². The van der Waals surface area contributed by atoms with Crippen molar-refractivity contribution in [1.82, 2.24) is 0 Å². The van der Waals surface area contributed by atoms with E-state index >= 15 is 0 Å². The standard InChI is InChI=1S/C24H38O4/c1-14-12-23(3)15(11-19(14)25)5-6-16-17-7-8-20(24(4,28)13-21(26)27)22(17,2)10-9-18(16)23/h5,14,16-20,25,28H,6-13H2,1-4H3,(H,26,27)/t14-,16+,17+,18+,19-,20+,22+,23+,24?/m1/s1. The fraction of sp³-hybridized carbons (Fsp3) is 0.875. The Hall–Kier alpha value is -0.870. The van der Waals surface area contributed by atoms with Crippen molar-refractivity contribution in [2.45, 2.75) is 90.8 Å². The minimum Gasteiger partial charge on any atom is -0.481 e. The van der Waals surface area contributed by atoms with Gasteiger partial charge in [-0.3, -0.25) is 4.79 Å². The number of allylic oxidation sites excluding steroid dienone is 1. The van der Waals surface area contributed by atoms with Crippen molar-refractivity contribution in [3.63, 3.8) is 0 Å². The van der Waals surface area contributed by atoms with E-state index in [2.05, 4.69) is 26.8 Å². The first kappa shape index (κ1) is 20.4. The predicted octanol–water partition coefficient (Wildman–Crippen LogP) is 4.40. The smallest absolute Gasteiger partial charge is 0.306 e. The van der Waals surface area contributed by atoms with Gasteiger partial charge in [0.2, 0.25) is 0 Å². The predicted molar refractivity (Wildman–Crippen MR) is 109 cm³/mol. The number of carbonyl (C=O) groups is 1. The molecule has 0 amide bonds. The molecule has 3 fully saturated rings. The average Bonchev–Trinajstić information content (AvgIpc) is 2.93. The third-order valence-electron chi connectivity index (χ3n) is 9.72. The van der Waals surface area contributed by atoms with Crippen LogP contribution in [-0.2, 0) is 4.79 Å². The molecule has 4 rings (SSSR count). The number of aliphatic hydroxyl groups excluding tert-OH is 1. The van der Waals surface area contributed by atoms with Crippen LogP contribution in [0.5, 0.6) is 0 Å². The Morgan fingerprint density at radius 1 is 1.25 bits per heavy atom. The number of aliphatic hydroxyl groups is 2. The topological polar surface area (TPSA) is 77.8 Å². The summed E-state index contributed by atoms with van der Waals surface area (Å²) >= 11 is 0. The van der Waals surface area contributed by atoms with Crippen LogP contribution in [0.2, 0.25) is 0 Å². The van der Waals surface area contributed by atoms with Crippen LogP contribution in [0.25, 0.3) is 0 Å². The van der Waals surface area contributed by atoms with Crippen LogP contribution in [0.1, 0.15) is 79.1 Å². The largest absolute Gasteiger partial charge is 0.481 e. The highest BCUT2D eigenvalue weighted by Crippen LogP contribution is 2.67. The fourth-order valence-corrected chi connectivity index (χ4v) is 8.44. The van der Waals surface area contributed by atoms with Gasteiger partial charge >= 0.3 is 5.97 Å². The lowest BCUT2D eigenvalue weighted by Crippen LogP contribution is -2.54. The van der Waals surface area contributed by atoms with Crippen molar-refractivity contribution in [2.75, 3.05) is 0 Å². The number of rotatable bonds is 3. The average molecular weight is 391 g/mol. The fourth-order valence-electron chi connectivity index (χ4n) is 8.44. The molecule has 0 saturated heterocycles. The third kappa shape index (κ3) is 2.89. The van der Waals surface area contributed by atoms with Gasteiger partial charge in [0.15, 0.2) is 0 Å². The van der Waals surface area contributed by atoms with Gasteiger partial charge in [0.1, 0.15) is 0 Å². The minimum absolute atomic E-state index is 0.0294. The number of fused-ring (bicyclic) bond motifs is 5. The second kappa shape index (κ2) is 6.57. The molecule has 0 spiro atoms. The van der Waals surface area contributed by atoms with Crippen LogP contribution in [-0.4, -0.2) is 33.0 Å². The molecule has 158 valence electrons. The van der Waals surface area contributed by atoms with E-state index < -0.39 is 11.6 Å². The van der Waals surface area contributed by atoms with E-state index in [0.717, 1.165) is 44.9 Å². The monoisotopic (exact) mass is 390 g/mol. The van der Waals surface area contributed by atoms with Crippen molar-refractivity contribution in [3.8, 4) is 0 Å². The summed E-state index contributed by atoms with van der Waals surface area (Å²) in [6, 6.07) is 0. The van der Waals surface area contributed by atoms with Crippen LogP contribution >= 0.6 is 0 Å². The van der Waals surface area contributed by atoms with E-state index in [1.165, 1.54) is 5.57 Å². The summed E-state index contributed by atoms with van der Waals surface area (Å²) in [6.07, 6.45) is 9.35. The van der Waals surface area contributed by atoms with Gasteiger partial charge in [0.05, 0.1) is 18.1 Å². The van der Waals surface area contributed by atoms with Gasteiger partial charge in [-0.2, -0.15) is 0 Å². The molecule has 1 unspecified atom stereocenters. The van der Waals surface area contributed by atoms with Crippen molar-refractivity contribution in [2.24, 2.45) is 40.4 Å². The Bertz CT molecular complexity index is 682. The highest BCUT2D eigenvalue weighted by Gasteiger charge is 2.61. The molecule has 0 bridgehead atoms. The number of hydrogen-bond acceptors (Lipinski definition) is 3. The summed E-state index contributed by atoms with van der Waals surface area (Å²) in [5, 5.41) is 30.8. The van der Waals surface area contributed by atoms with Gasteiger partial charge in [-0.25, -0.2) is 0 Å². The number of aliphatic carboxylic acids is 1. The molecule has 0 aromatic heterocycles. The summed E-state index contributed by atoms with van der Waals surface area (Å²) in [6.45, 7) is 8.71. The van der Waals surface area contributed by atoms with Gasteiger partial charge < -0.3 is 15.3 Å². The van der Waals surface area contributed by atoms with Gasteiger partial charge in [-0.1, -0.05) is 32.4 Å². The van der Waals surface area contributed by atoms with E-state index in [1.807, 2.05) is 0 Å². The molecule has 4 aliphatic rings. The van der Waals surface area contributed by atoms with Crippen molar-refractivity contribution in [3.05, 3.63) is 11.6 Å². The van der Waals surface area contributed by atoms with Crippen LogP contribution in [0, 0.1) is 40.4 Å². The molecule has 0 aromatic rings. The Morgan fingerprint density at radius 2 is 1.96 bits per heavy atom. The van der Waals surface area contributed by atoms with E-state index in [1.54, 1.807) is 6.92 Å². The second-order valence-electron chi connectivity index (χ2n) is 11.3. The molecular formula is C24H38O4. The molecule has 4 nitrogen and oxygen atoms in total. The molecule has 28 heavy (non-hydrogen) atoms. The molecule has 0 aliphatic heterocycles. The number of carboxylic acid groups (broad SMARTS) is 1. The summed E-state index contributed by atoms with van der Waals surface area (Å²) in [4.78, 5) is 11.3. The van der Waals surface area contributed by atoms with Crippen molar-refractivity contribution >= 4 is 5.97 Å². The summed E-state index contributed by atoms with van der Waals surface area (Å²) in [5.74, 6) is 1.35. The molecule has 0 radical (unpaired) electrons. The molecule has 9 atom stereocenters. The quantitative estimate of drug-likeness (QED) is 0.624. The normalized spacial score (nSPS) is 50.0. The lowest BCUT2D eigenvalue weighted by Gasteiger charge is -2.59. The highest BCUT2D eigenvalue weighted by atomic mass is 16.4. The zero-order valence-corrected chi connectivity index (χ0v) is 17.9. The molecular weight excluding hydrogens is 352 g/mol. The Kier molecular flexibility index (Phi) is 4.79. The number of carboxylic acids is 1. The molecule has 0 heterocycles. The van der Waals surface area contributed by atoms with Crippen molar-refractivity contribution in [1.29, 1.82) is 0 Å². The van der Waals surface area contributed by atoms with E-state index in [9.17, 15) is 20.1 Å². The zero-order valence-electron chi connectivity index (χ0n) is 17.9. The van der Waals surface area contributed by atoms with Gasteiger partial charge in [0, 0.05) is 0 Å². The van der Waals surface area contributed by atoms with Gasteiger partial charge in [-0.05, 0) is 92.3 Å². The maximum absolute atomic E-state index is 11.3. The van der Waals surface area contributed by atoms with Gasteiger partial charge in [-0.15, -0.1) is 0 Å². The molecule has 0 aromatic carbocycles. The zero-order chi connectivity index (χ0) is 20.5. The maximum Gasteiger partial charge on any atom is 0.306 e. The van der Waals surface area contributed by atoms with E-state index in [0.29, 0.717) is 23.7 Å². The van der Waals surface area contributed by atoms with Crippen LogP contribution in [0.4, 0.5) is 0 Å². The third-order valence-corrected chi connectivity index (χ3v) is 9.72. The first-order valence-electron chi connectivity index (χ1n) is 11.3. The second-order valence-corrected chi connectivity index (χ2v) is 11.3. The molecule has 4 heteroatoms. The summed E-state index contributed by atoms with van der Waals surface area (Å²) in [5.41, 5.74) is 0.576. The van der Waals surface area contributed by atoms with Crippen molar-refractivity contribution < 1.29 is 20.1 Å². The SMILES string of the molecule is C[C@@H]1C[C@@]2(C)C(=CC[C@H]3[C@@H]4CC[C@H](C(C)(O)CC(=O)O)[C@@]4(C)CC[C@@H]32)C[C@H]1O. The van der Waals surface area contributed by atoms with Gasteiger partial charge in [0.25, 0.3) is 0 Å². The first-order chi connectivity index (χ1) is 13.0. The Labute approximate surface area is 169 Å². The lowest BCUT2D eigenvalue weighted by atomic mass is 9.46. The summed E-state index contributed by atoms with van der Waals surface area (Å²) < 4.78 is 0. The lowest BCUT2D eigenvalue weighted by molar-refractivity contribution is -0.149. The minimum atomic E-state index is -1.13. The Morgan fingerprint density at radius 3 is 2.64 bits per heavy atom. The summed E-state index contributed by atoms with van der Waals surface area (Å²) in [7, 11) is 0. The van der Waals surface area contributed by atoms with E-state index in [-0.39, 0.29) is 29.3 Å². The Balaban J connectivity index is 1.62. The van der Waals surface area contributed by atoms with Crippen LogP contribution < -0.4 is 0 Å². The van der Waals surface area contributed by atoms with Crippen LogP contribution in [0.15, 0.2) is 11.6 Å².